The van der Waals surface area contributed by atoms with Crippen LogP contribution in [0.1, 0.15) is 48.1 Å². The van der Waals surface area contributed by atoms with Crippen molar-refractivity contribution in [1.29, 1.82) is 0 Å². The third-order valence-electron chi connectivity index (χ3n) is 6.52. The van der Waals surface area contributed by atoms with Crippen LogP contribution in [0.4, 0.5) is 0 Å². The first-order valence-electron chi connectivity index (χ1n) is 12.8. The Bertz CT molecular complexity index is 1170. The van der Waals surface area contributed by atoms with Gasteiger partial charge in [0.2, 0.25) is 5.91 Å². The summed E-state index contributed by atoms with van der Waals surface area (Å²) in [5.41, 5.74) is 4.84. The summed E-state index contributed by atoms with van der Waals surface area (Å²) in [6.45, 7) is 9.94. The van der Waals surface area contributed by atoms with Crippen LogP contribution in [-0.4, -0.2) is 35.4 Å². The maximum atomic E-state index is 13.7. The molecule has 0 bridgehead atoms. The molecule has 0 aromatic heterocycles. The van der Waals surface area contributed by atoms with E-state index in [0.29, 0.717) is 23.7 Å². The molecule has 0 aliphatic carbocycles. The van der Waals surface area contributed by atoms with Crippen LogP contribution >= 0.6 is 11.6 Å². The van der Waals surface area contributed by atoms with E-state index in [1.54, 1.807) is 4.90 Å². The van der Waals surface area contributed by atoms with Crippen LogP contribution in [-0.2, 0) is 22.6 Å². The molecule has 0 aliphatic rings. The molecule has 3 aromatic rings. The molecule has 0 fully saturated rings. The normalized spacial score (nSPS) is 12.5. The van der Waals surface area contributed by atoms with Crippen LogP contribution in [0.2, 0.25) is 5.02 Å². The highest BCUT2D eigenvalue weighted by atomic mass is 35.5. The van der Waals surface area contributed by atoms with Gasteiger partial charge in [-0.3, -0.25) is 9.59 Å². The third kappa shape index (κ3) is 8.09. The van der Waals surface area contributed by atoms with Crippen molar-refractivity contribution in [3.8, 4) is 5.75 Å². The van der Waals surface area contributed by atoms with E-state index in [2.05, 4.69) is 5.32 Å². The standard InChI is InChI=1S/C31H37ClN2O3/c1-6-24(5)33-31(36)28(18-25-10-8-7-9-11-25)34(19-26-14-12-21(2)13-15-26)29(35)20-37-27-16-22(3)30(32)23(4)17-27/h7-17,24,28H,6,18-20H2,1-5H3,(H,33,36)/t24-,28+/m0/s1. The summed E-state index contributed by atoms with van der Waals surface area (Å²) in [6, 6.07) is 20.8. The third-order valence-corrected chi connectivity index (χ3v) is 7.11. The van der Waals surface area contributed by atoms with E-state index in [-0.39, 0.29) is 24.5 Å². The van der Waals surface area contributed by atoms with E-state index in [1.165, 1.54) is 0 Å². The fourth-order valence-electron chi connectivity index (χ4n) is 4.10. The summed E-state index contributed by atoms with van der Waals surface area (Å²) in [6.07, 6.45) is 1.20. The number of nitrogens with one attached hydrogen (secondary N) is 1. The second-order valence-electron chi connectivity index (χ2n) is 9.69. The molecule has 2 atom stereocenters. The van der Waals surface area contributed by atoms with Crippen LogP contribution in [0.25, 0.3) is 0 Å². The highest BCUT2D eigenvalue weighted by Crippen LogP contribution is 2.26. The number of halogens is 1. The maximum Gasteiger partial charge on any atom is 0.261 e. The van der Waals surface area contributed by atoms with E-state index in [9.17, 15) is 9.59 Å². The van der Waals surface area contributed by atoms with Gasteiger partial charge in [0.05, 0.1) is 0 Å². The predicted molar refractivity (Wildman–Crippen MR) is 150 cm³/mol. The SMILES string of the molecule is CC[C@H](C)NC(=O)[C@@H](Cc1ccccc1)N(Cc1ccc(C)cc1)C(=O)COc1cc(C)c(Cl)c(C)c1. The molecule has 37 heavy (non-hydrogen) atoms. The summed E-state index contributed by atoms with van der Waals surface area (Å²) in [5.74, 6) is 0.148. The molecule has 0 aliphatic heterocycles. The molecule has 3 aromatic carbocycles. The maximum absolute atomic E-state index is 13.7. The fourth-order valence-corrected chi connectivity index (χ4v) is 4.21. The lowest BCUT2D eigenvalue weighted by molar-refractivity contribution is -0.143. The van der Waals surface area contributed by atoms with Crippen molar-refractivity contribution in [3.63, 3.8) is 0 Å². The number of ether oxygens (including phenoxy) is 1. The Balaban J connectivity index is 1.92. The molecule has 5 nitrogen and oxygen atoms in total. The predicted octanol–water partition coefficient (Wildman–Crippen LogP) is 6.20. The Labute approximate surface area is 225 Å². The van der Waals surface area contributed by atoms with Crippen molar-refractivity contribution < 1.29 is 14.3 Å². The van der Waals surface area contributed by atoms with Crippen molar-refractivity contribution in [2.75, 3.05) is 6.61 Å². The lowest BCUT2D eigenvalue weighted by Gasteiger charge is -2.32. The molecule has 0 saturated heterocycles. The first-order chi connectivity index (χ1) is 17.7. The number of nitrogens with zero attached hydrogens (tertiary/aromatic N) is 1. The molecule has 0 radical (unpaired) electrons. The first kappa shape index (κ1) is 28.3. The number of amides is 2. The Morgan fingerprint density at radius 2 is 1.57 bits per heavy atom. The van der Waals surface area contributed by atoms with Crippen molar-refractivity contribution in [3.05, 3.63) is 99.6 Å². The Hall–Kier alpha value is -3.31. The minimum Gasteiger partial charge on any atom is -0.484 e. The van der Waals surface area contributed by atoms with Crippen LogP contribution < -0.4 is 10.1 Å². The second-order valence-corrected chi connectivity index (χ2v) is 10.1. The van der Waals surface area contributed by atoms with Gasteiger partial charge in [0.1, 0.15) is 11.8 Å². The zero-order valence-electron chi connectivity index (χ0n) is 22.4. The monoisotopic (exact) mass is 520 g/mol. The van der Waals surface area contributed by atoms with Gasteiger partial charge in [0.15, 0.2) is 6.61 Å². The smallest absolute Gasteiger partial charge is 0.261 e. The van der Waals surface area contributed by atoms with Crippen LogP contribution in [0.3, 0.4) is 0 Å². The van der Waals surface area contributed by atoms with Gasteiger partial charge in [0.25, 0.3) is 5.91 Å². The topological polar surface area (TPSA) is 58.6 Å². The van der Waals surface area contributed by atoms with Gasteiger partial charge in [0, 0.05) is 24.0 Å². The van der Waals surface area contributed by atoms with Crippen molar-refractivity contribution in [1.82, 2.24) is 10.2 Å². The summed E-state index contributed by atoms with van der Waals surface area (Å²) < 4.78 is 5.92. The number of aryl methyl sites for hydroxylation is 3. The number of carbonyl (C=O) groups excluding carboxylic acids is 2. The average molecular weight is 521 g/mol. The van der Waals surface area contributed by atoms with Gasteiger partial charge >= 0.3 is 0 Å². The zero-order chi connectivity index (χ0) is 26.9. The molecule has 196 valence electrons. The van der Waals surface area contributed by atoms with E-state index < -0.39 is 6.04 Å². The highest BCUT2D eigenvalue weighted by Gasteiger charge is 2.31. The van der Waals surface area contributed by atoms with Crippen LogP contribution in [0, 0.1) is 20.8 Å². The second kappa shape index (κ2) is 13.3. The van der Waals surface area contributed by atoms with E-state index in [0.717, 1.165) is 34.2 Å². The van der Waals surface area contributed by atoms with Crippen molar-refractivity contribution in [2.24, 2.45) is 0 Å². The van der Waals surface area contributed by atoms with Crippen LogP contribution in [0.15, 0.2) is 66.7 Å². The molecule has 6 heteroatoms. The van der Waals surface area contributed by atoms with Gasteiger partial charge < -0.3 is 15.0 Å². The number of hydrogen-bond acceptors (Lipinski definition) is 3. The Morgan fingerprint density at radius 1 is 0.946 bits per heavy atom. The molecule has 1 N–H and O–H groups in total. The molecule has 0 saturated carbocycles. The van der Waals surface area contributed by atoms with Crippen LogP contribution in [0.5, 0.6) is 5.75 Å². The summed E-state index contributed by atoms with van der Waals surface area (Å²) in [7, 11) is 0. The fraction of sp³-hybridized carbons (Fsp3) is 0.355. The van der Waals surface area contributed by atoms with Gasteiger partial charge in [-0.25, -0.2) is 0 Å². The van der Waals surface area contributed by atoms with Gasteiger partial charge in [-0.05, 0) is 68.5 Å². The van der Waals surface area contributed by atoms with Gasteiger partial charge in [-0.2, -0.15) is 0 Å². The lowest BCUT2D eigenvalue weighted by atomic mass is 10.0. The first-order valence-corrected chi connectivity index (χ1v) is 13.1. The van der Waals surface area contributed by atoms with Crippen molar-refractivity contribution in [2.45, 2.75) is 66.1 Å². The number of carbonyl (C=O) groups is 2. The van der Waals surface area contributed by atoms with E-state index in [4.69, 9.17) is 16.3 Å². The quantitative estimate of drug-likeness (QED) is 0.327. The summed E-state index contributed by atoms with van der Waals surface area (Å²) in [5, 5.41) is 3.77. The molecule has 3 rings (SSSR count). The minimum atomic E-state index is -0.692. The molecular formula is C31H37ClN2O3. The average Bonchev–Trinajstić information content (AvgIpc) is 2.89. The van der Waals surface area contributed by atoms with Gasteiger partial charge in [-0.15, -0.1) is 0 Å². The van der Waals surface area contributed by atoms with Crippen molar-refractivity contribution >= 4 is 23.4 Å². The molecule has 0 heterocycles. The number of rotatable bonds is 11. The lowest BCUT2D eigenvalue weighted by Crippen LogP contribution is -2.53. The molecular weight excluding hydrogens is 484 g/mol. The Morgan fingerprint density at radius 3 is 2.16 bits per heavy atom. The van der Waals surface area contributed by atoms with E-state index >= 15 is 0 Å². The zero-order valence-corrected chi connectivity index (χ0v) is 23.1. The summed E-state index contributed by atoms with van der Waals surface area (Å²) >= 11 is 6.30. The molecule has 2 amide bonds. The largest absolute Gasteiger partial charge is 0.484 e. The molecule has 0 spiro atoms. The number of benzene rings is 3. The van der Waals surface area contributed by atoms with Gasteiger partial charge in [-0.1, -0.05) is 78.7 Å². The Kier molecular flexibility index (Phi) is 10.2. The number of hydrogen-bond donors (Lipinski definition) is 1. The summed E-state index contributed by atoms with van der Waals surface area (Å²) in [4.78, 5) is 28.9. The van der Waals surface area contributed by atoms with E-state index in [1.807, 2.05) is 101 Å². The minimum absolute atomic E-state index is 0.00151. The highest BCUT2D eigenvalue weighted by molar-refractivity contribution is 6.32. The molecule has 0 unspecified atom stereocenters.